The lowest BCUT2D eigenvalue weighted by Gasteiger charge is -2.33. The molecule has 30 heavy (non-hydrogen) atoms. The van der Waals surface area contributed by atoms with Gasteiger partial charge in [-0.1, -0.05) is 30.6 Å². The third kappa shape index (κ3) is 6.11. The van der Waals surface area contributed by atoms with Crippen molar-refractivity contribution < 1.29 is 19.2 Å². The highest BCUT2D eigenvalue weighted by Gasteiger charge is 2.36. The first-order valence-corrected chi connectivity index (χ1v) is 12.7. The summed E-state index contributed by atoms with van der Waals surface area (Å²) in [5, 5.41) is 4.15. The third-order valence-electron chi connectivity index (χ3n) is 5.41. The fraction of sp³-hybridized carbons (Fsp3) is 0.591. The summed E-state index contributed by atoms with van der Waals surface area (Å²) in [5.41, 5.74) is 0.846. The molecule has 0 amide bonds. The molecule has 164 valence electrons. The Balaban J connectivity index is 1.79. The van der Waals surface area contributed by atoms with Gasteiger partial charge in [0.1, 0.15) is 5.76 Å². The Morgan fingerprint density at radius 2 is 2.10 bits per heavy atom. The number of halogens is 1. The molecule has 0 spiro atoms. The Bertz CT molecular complexity index is 840. The SMILES string of the molecule is C/C(=N/OCc1ccc(Cl)s1)C1=C(OC(=O)C(C)C)CC(C2CCCSC2)CC1=O. The van der Waals surface area contributed by atoms with Crippen LogP contribution in [0.15, 0.2) is 28.6 Å². The van der Waals surface area contributed by atoms with Crippen LogP contribution in [0.3, 0.4) is 0 Å². The molecule has 2 unspecified atom stereocenters. The van der Waals surface area contributed by atoms with Crippen LogP contribution in [0, 0.1) is 17.8 Å². The van der Waals surface area contributed by atoms with Gasteiger partial charge in [0.15, 0.2) is 12.4 Å². The summed E-state index contributed by atoms with van der Waals surface area (Å²) in [6.45, 7) is 5.59. The van der Waals surface area contributed by atoms with Gasteiger partial charge in [0.25, 0.3) is 0 Å². The van der Waals surface area contributed by atoms with E-state index in [-0.39, 0.29) is 30.2 Å². The Hall–Kier alpha value is -1.31. The topological polar surface area (TPSA) is 65.0 Å². The maximum absolute atomic E-state index is 13.1. The van der Waals surface area contributed by atoms with Crippen molar-refractivity contribution in [3.05, 3.63) is 32.7 Å². The lowest BCUT2D eigenvalue weighted by atomic mass is 9.77. The minimum Gasteiger partial charge on any atom is -0.430 e. The smallest absolute Gasteiger partial charge is 0.313 e. The summed E-state index contributed by atoms with van der Waals surface area (Å²) in [6, 6.07) is 3.69. The van der Waals surface area contributed by atoms with E-state index in [1.165, 1.54) is 23.5 Å². The first kappa shape index (κ1) is 23.4. The zero-order chi connectivity index (χ0) is 21.7. The highest BCUT2D eigenvalue weighted by Crippen LogP contribution is 2.39. The molecule has 1 aliphatic carbocycles. The number of hydrogen-bond acceptors (Lipinski definition) is 7. The van der Waals surface area contributed by atoms with E-state index in [1.54, 1.807) is 20.8 Å². The zero-order valence-corrected chi connectivity index (χ0v) is 20.0. The van der Waals surface area contributed by atoms with Crippen molar-refractivity contribution in [3.63, 3.8) is 0 Å². The first-order chi connectivity index (χ1) is 14.3. The average molecular weight is 470 g/mol. The van der Waals surface area contributed by atoms with Crippen LogP contribution < -0.4 is 0 Å². The van der Waals surface area contributed by atoms with Gasteiger partial charge in [-0.25, -0.2) is 0 Å². The van der Waals surface area contributed by atoms with Crippen molar-refractivity contribution in [1.82, 2.24) is 0 Å². The number of rotatable bonds is 7. The molecule has 0 bridgehead atoms. The molecule has 1 saturated heterocycles. The first-order valence-electron chi connectivity index (χ1n) is 10.3. The van der Waals surface area contributed by atoms with E-state index in [0.29, 0.717) is 40.1 Å². The van der Waals surface area contributed by atoms with Gasteiger partial charge in [0.2, 0.25) is 0 Å². The number of carbonyl (C=O) groups excluding carboxylic acids is 2. The second-order valence-corrected chi connectivity index (χ2v) is 11.0. The van der Waals surface area contributed by atoms with Gasteiger partial charge < -0.3 is 9.57 Å². The highest BCUT2D eigenvalue weighted by atomic mass is 35.5. The molecule has 0 saturated carbocycles. The maximum atomic E-state index is 13.1. The van der Waals surface area contributed by atoms with E-state index >= 15 is 0 Å². The fourth-order valence-electron chi connectivity index (χ4n) is 3.78. The van der Waals surface area contributed by atoms with Crippen LogP contribution in [-0.4, -0.2) is 29.0 Å². The monoisotopic (exact) mass is 469 g/mol. The molecule has 1 aromatic rings. The van der Waals surface area contributed by atoms with Crippen LogP contribution in [0.4, 0.5) is 0 Å². The molecule has 1 fully saturated rings. The number of thioether (sulfide) groups is 1. The van der Waals surface area contributed by atoms with Gasteiger partial charge in [-0.15, -0.1) is 11.3 Å². The van der Waals surface area contributed by atoms with E-state index in [4.69, 9.17) is 21.2 Å². The van der Waals surface area contributed by atoms with Crippen LogP contribution in [0.25, 0.3) is 0 Å². The predicted molar refractivity (Wildman–Crippen MR) is 123 cm³/mol. The lowest BCUT2D eigenvalue weighted by Crippen LogP contribution is -2.32. The van der Waals surface area contributed by atoms with E-state index in [0.717, 1.165) is 17.1 Å². The third-order valence-corrected chi connectivity index (χ3v) is 7.86. The number of hydrogen-bond donors (Lipinski definition) is 0. The van der Waals surface area contributed by atoms with E-state index in [1.807, 2.05) is 23.9 Å². The minimum absolute atomic E-state index is 0.0163. The molecule has 1 aliphatic heterocycles. The van der Waals surface area contributed by atoms with Crippen molar-refractivity contribution in [2.75, 3.05) is 11.5 Å². The Morgan fingerprint density at radius 1 is 1.30 bits per heavy atom. The van der Waals surface area contributed by atoms with E-state index < -0.39 is 0 Å². The van der Waals surface area contributed by atoms with Crippen LogP contribution in [-0.2, 0) is 25.8 Å². The molecule has 2 atom stereocenters. The largest absolute Gasteiger partial charge is 0.430 e. The van der Waals surface area contributed by atoms with Gasteiger partial charge in [0.05, 0.1) is 21.5 Å². The lowest BCUT2D eigenvalue weighted by molar-refractivity contribution is -0.143. The summed E-state index contributed by atoms with van der Waals surface area (Å²) >= 11 is 9.31. The number of esters is 1. The minimum atomic E-state index is -0.323. The van der Waals surface area contributed by atoms with Crippen molar-refractivity contribution in [2.45, 2.75) is 53.1 Å². The molecule has 3 rings (SSSR count). The van der Waals surface area contributed by atoms with Gasteiger partial charge in [-0.2, -0.15) is 11.8 Å². The molecule has 0 radical (unpaired) electrons. The number of allylic oxidation sites excluding steroid dienone is 2. The van der Waals surface area contributed by atoms with Crippen LogP contribution >= 0.6 is 34.7 Å². The molecule has 2 heterocycles. The van der Waals surface area contributed by atoms with Gasteiger partial charge in [0, 0.05) is 17.7 Å². The van der Waals surface area contributed by atoms with Crippen LogP contribution in [0.1, 0.15) is 51.3 Å². The average Bonchev–Trinajstić information content (AvgIpc) is 3.13. The van der Waals surface area contributed by atoms with Crippen molar-refractivity contribution >= 4 is 52.2 Å². The van der Waals surface area contributed by atoms with Crippen LogP contribution in [0.5, 0.6) is 0 Å². The summed E-state index contributed by atoms with van der Waals surface area (Å²) in [6.07, 6.45) is 3.37. The summed E-state index contributed by atoms with van der Waals surface area (Å²) < 4.78 is 6.40. The predicted octanol–water partition coefficient (Wildman–Crippen LogP) is 5.87. The number of oxime groups is 1. The molecular weight excluding hydrogens is 442 g/mol. The van der Waals surface area contributed by atoms with Crippen LogP contribution in [0.2, 0.25) is 4.34 Å². The Morgan fingerprint density at radius 3 is 2.73 bits per heavy atom. The van der Waals surface area contributed by atoms with Gasteiger partial charge in [-0.3, -0.25) is 9.59 Å². The normalized spacial score (nSPS) is 23.1. The fourth-order valence-corrected chi connectivity index (χ4v) is 6.06. The van der Waals surface area contributed by atoms with E-state index in [2.05, 4.69) is 5.16 Å². The molecule has 1 aromatic heterocycles. The number of thiophene rings is 1. The molecule has 0 N–H and O–H groups in total. The second kappa shape index (κ2) is 10.8. The Labute approximate surface area is 191 Å². The highest BCUT2D eigenvalue weighted by molar-refractivity contribution is 7.99. The molecule has 8 heteroatoms. The molecular formula is C22H28ClNO4S2. The van der Waals surface area contributed by atoms with Crippen molar-refractivity contribution in [3.8, 4) is 0 Å². The van der Waals surface area contributed by atoms with Gasteiger partial charge in [-0.05, 0) is 55.2 Å². The second-order valence-electron chi connectivity index (χ2n) is 8.10. The Kier molecular flexibility index (Phi) is 8.43. The summed E-state index contributed by atoms with van der Waals surface area (Å²) in [7, 11) is 0. The number of carbonyl (C=O) groups is 2. The number of Topliss-reactive ketones (excluding diaryl/α,β-unsaturated/α-hetero) is 1. The number of ether oxygens (including phenoxy) is 1. The summed E-state index contributed by atoms with van der Waals surface area (Å²) in [5.74, 6) is 2.80. The van der Waals surface area contributed by atoms with Crippen molar-refractivity contribution in [2.24, 2.45) is 22.9 Å². The maximum Gasteiger partial charge on any atom is 0.313 e. The quantitative estimate of drug-likeness (QED) is 0.284. The number of ketones is 1. The number of nitrogens with zero attached hydrogens (tertiary/aromatic N) is 1. The summed E-state index contributed by atoms with van der Waals surface area (Å²) in [4.78, 5) is 31.8. The van der Waals surface area contributed by atoms with E-state index in [9.17, 15) is 9.59 Å². The molecule has 0 aromatic carbocycles. The van der Waals surface area contributed by atoms with Crippen molar-refractivity contribution in [1.29, 1.82) is 0 Å². The standard InChI is InChI=1S/C22H28ClNO4S2/c1-13(2)22(26)28-19-10-16(15-5-4-8-29-12-15)9-18(25)21(19)14(3)24-27-11-17-6-7-20(23)30-17/h6-7,13,15-16H,4-5,8-12H2,1-3H3/b24-14-. The zero-order valence-electron chi connectivity index (χ0n) is 17.6. The van der Waals surface area contributed by atoms with Gasteiger partial charge >= 0.3 is 5.97 Å². The molecule has 2 aliphatic rings. The molecule has 5 nitrogen and oxygen atoms in total.